The summed E-state index contributed by atoms with van der Waals surface area (Å²) in [6.07, 6.45) is 0. The molecule has 0 fully saturated rings. The Morgan fingerprint density at radius 2 is 1.55 bits per heavy atom. The Morgan fingerprint density at radius 3 is 2.12 bits per heavy atom. The molecule has 1 amide bonds. The van der Waals surface area contributed by atoms with Crippen molar-refractivity contribution >= 4 is 60.7 Å². The van der Waals surface area contributed by atoms with Gasteiger partial charge in [-0.1, -0.05) is 29.5 Å². The number of sulfonamides is 1. The van der Waals surface area contributed by atoms with Gasteiger partial charge in [-0.2, -0.15) is 0 Å². The van der Waals surface area contributed by atoms with Crippen molar-refractivity contribution in [2.75, 3.05) is 57.2 Å². The Labute approximate surface area is 245 Å². The molecule has 0 aliphatic rings. The van der Waals surface area contributed by atoms with Crippen LogP contribution in [0.4, 0.5) is 10.8 Å². The van der Waals surface area contributed by atoms with E-state index < -0.39 is 10.0 Å². The van der Waals surface area contributed by atoms with E-state index in [0.29, 0.717) is 46.5 Å². The number of fused-ring (bicyclic) bond motifs is 1. The van der Waals surface area contributed by atoms with Crippen LogP contribution in [0.25, 0.3) is 10.2 Å². The normalized spacial score (nSPS) is 11.2. The van der Waals surface area contributed by atoms with Crippen molar-refractivity contribution < 1.29 is 22.7 Å². The molecule has 3 aromatic carbocycles. The van der Waals surface area contributed by atoms with Gasteiger partial charge in [-0.3, -0.25) is 14.0 Å². The lowest BCUT2D eigenvalue weighted by Crippen LogP contribution is -2.36. The number of anilines is 2. The fraction of sp³-hybridized carbons (Fsp3) is 0.286. The van der Waals surface area contributed by atoms with E-state index in [9.17, 15) is 13.2 Å². The van der Waals surface area contributed by atoms with Crippen LogP contribution < -0.4 is 18.7 Å². The molecular weight excluding hydrogens is 572 g/mol. The first kappa shape index (κ1) is 31.2. The lowest BCUT2D eigenvalue weighted by Gasteiger charge is -2.24. The van der Waals surface area contributed by atoms with E-state index in [0.717, 1.165) is 4.70 Å². The fourth-order valence-electron chi connectivity index (χ4n) is 4.08. The summed E-state index contributed by atoms with van der Waals surface area (Å²) in [5.74, 6) is 0.871. The molecule has 214 valence electrons. The highest BCUT2D eigenvalue weighted by atomic mass is 35.5. The summed E-state index contributed by atoms with van der Waals surface area (Å²) >= 11 is 1.38. The SMILES string of the molecule is CCN(c1ccccc1)S(=O)(=O)c1ccc(C(=O)N(CCN(C)C)c2nc3cc(OC)c(OC)cc3s2)cc1.Cl. The third-order valence-electron chi connectivity index (χ3n) is 6.15. The highest BCUT2D eigenvalue weighted by Gasteiger charge is 2.26. The molecule has 0 spiro atoms. The first-order chi connectivity index (χ1) is 18.7. The lowest BCUT2D eigenvalue weighted by molar-refractivity contribution is 0.0985. The van der Waals surface area contributed by atoms with E-state index in [4.69, 9.17) is 14.5 Å². The van der Waals surface area contributed by atoms with Crippen LogP contribution in [0.3, 0.4) is 0 Å². The van der Waals surface area contributed by atoms with Crippen LogP contribution >= 0.6 is 23.7 Å². The molecule has 1 heterocycles. The Bertz CT molecular complexity index is 1500. The number of methoxy groups -OCH3 is 2. The molecule has 4 aromatic rings. The number of likely N-dealkylation sites (N-methyl/N-ethyl adjacent to an activating group) is 1. The number of para-hydroxylation sites is 1. The van der Waals surface area contributed by atoms with Gasteiger partial charge < -0.3 is 14.4 Å². The molecule has 0 aliphatic heterocycles. The fourth-order valence-corrected chi connectivity index (χ4v) is 6.55. The van der Waals surface area contributed by atoms with Crippen LogP contribution in [0, 0.1) is 0 Å². The van der Waals surface area contributed by atoms with Crippen LogP contribution in [0.5, 0.6) is 11.5 Å². The van der Waals surface area contributed by atoms with Gasteiger partial charge in [0.1, 0.15) is 0 Å². The van der Waals surface area contributed by atoms with Gasteiger partial charge in [0, 0.05) is 37.3 Å². The second-order valence-electron chi connectivity index (χ2n) is 8.96. The first-order valence-corrected chi connectivity index (χ1v) is 14.6. The van der Waals surface area contributed by atoms with Crippen LogP contribution in [0.2, 0.25) is 0 Å². The molecule has 0 saturated carbocycles. The quantitative estimate of drug-likeness (QED) is 0.233. The maximum absolute atomic E-state index is 13.7. The number of ether oxygens (including phenoxy) is 2. The zero-order valence-electron chi connectivity index (χ0n) is 23.0. The second kappa shape index (κ2) is 13.3. The number of halogens is 1. The third kappa shape index (κ3) is 6.49. The predicted molar refractivity (Wildman–Crippen MR) is 163 cm³/mol. The minimum atomic E-state index is -3.80. The van der Waals surface area contributed by atoms with Gasteiger partial charge >= 0.3 is 0 Å². The summed E-state index contributed by atoms with van der Waals surface area (Å²) in [5.41, 5.74) is 1.64. The van der Waals surface area contributed by atoms with Crippen molar-refractivity contribution in [3.05, 3.63) is 72.3 Å². The van der Waals surface area contributed by atoms with Crippen LogP contribution in [0.15, 0.2) is 71.6 Å². The minimum absolute atomic E-state index is 0. The standard InChI is InChI=1S/C28H32N4O5S2.ClH/c1-6-32(21-10-8-7-9-11-21)39(34,35)22-14-12-20(13-15-22)27(33)31(17-16-30(2)3)28-29-23-18-24(36-4)25(37-5)19-26(23)38-28;/h7-15,18-19H,6,16-17H2,1-5H3;1H. The molecule has 0 aliphatic carbocycles. The van der Waals surface area contributed by atoms with Gasteiger partial charge in [-0.25, -0.2) is 13.4 Å². The summed E-state index contributed by atoms with van der Waals surface area (Å²) in [6.45, 7) is 3.08. The molecule has 1 aromatic heterocycles. The topological polar surface area (TPSA) is 92.3 Å². The average Bonchev–Trinajstić information content (AvgIpc) is 3.35. The molecule has 0 bridgehead atoms. The van der Waals surface area contributed by atoms with Crippen molar-refractivity contribution in [2.45, 2.75) is 11.8 Å². The predicted octanol–water partition coefficient (Wildman–Crippen LogP) is 5.16. The molecule has 4 rings (SSSR count). The summed E-state index contributed by atoms with van der Waals surface area (Å²) in [7, 11) is 3.20. The van der Waals surface area contributed by atoms with Gasteiger partial charge in [0.05, 0.1) is 35.0 Å². The minimum Gasteiger partial charge on any atom is -0.493 e. The molecule has 0 N–H and O–H groups in total. The van der Waals surface area contributed by atoms with Gasteiger partial charge in [0.25, 0.3) is 15.9 Å². The number of rotatable bonds is 11. The summed E-state index contributed by atoms with van der Waals surface area (Å²) in [6, 6.07) is 18.6. The number of amides is 1. The molecule has 40 heavy (non-hydrogen) atoms. The number of hydrogen-bond donors (Lipinski definition) is 0. The molecule has 0 atom stereocenters. The maximum Gasteiger partial charge on any atom is 0.264 e. The maximum atomic E-state index is 13.7. The van der Waals surface area contributed by atoms with Crippen molar-refractivity contribution in [1.82, 2.24) is 9.88 Å². The van der Waals surface area contributed by atoms with E-state index in [1.165, 1.54) is 27.8 Å². The van der Waals surface area contributed by atoms with Crippen LogP contribution in [-0.4, -0.2) is 72.2 Å². The smallest absolute Gasteiger partial charge is 0.264 e. The van der Waals surface area contributed by atoms with Crippen molar-refractivity contribution in [2.24, 2.45) is 0 Å². The number of thiazole rings is 1. The van der Waals surface area contributed by atoms with Crippen molar-refractivity contribution in [1.29, 1.82) is 0 Å². The highest BCUT2D eigenvalue weighted by Crippen LogP contribution is 2.37. The molecule has 0 radical (unpaired) electrons. The molecule has 9 nitrogen and oxygen atoms in total. The zero-order valence-corrected chi connectivity index (χ0v) is 25.5. The monoisotopic (exact) mass is 604 g/mol. The van der Waals surface area contributed by atoms with E-state index in [-0.39, 0.29) is 29.8 Å². The number of carbonyl (C=O) groups is 1. The summed E-state index contributed by atoms with van der Waals surface area (Å²) in [5, 5.41) is 0.532. The Balaban J connectivity index is 0.00000441. The lowest BCUT2D eigenvalue weighted by atomic mass is 10.2. The van der Waals surface area contributed by atoms with Crippen LogP contribution in [-0.2, 0) is 10.0 Å². The molecule has 0 saturated heterocycles. The number of nitrogens with zero attached hydrogens (tertiary/aromatic N) is 4. The van der Waals surface area contributed by atoms with E-state index in [1.807, 2.05) is 31.1 Å². The van der Waals surface area contributed by atoms with Crippen molar-refractivity contribution in [3.8, 4) is 11.5 Å². The number of hydrogen-bond acceptors (Lipinski definition) is 8. The third-order valence-corrected chi connectivity index (χ3v) is 9.11. The second-order valence-corrected chi connectivity index (χ2v) is 11.8. The van der Waals surface area contributed by atoms with Gasteiger partial charge in [-0.05, 0) is 57.4 Å². The summed E-state index contributed by atoms with van der Waals surface area (Å²) in [4.78, 5) is 22.2. The van der Waals surface area contributed by atoms with Crippen molar-refractivity contribution in [3.63, 3.8) is 0 Å². The Morgan fingerprint density at radius 1 is 0.925 bits per heavy atom. The molecule has 0 unspecified atom stereocenters. The van der Waals surface area contributed by atoms with Gasteiger partial charge in [-0.15, -0.1) is 12.4 Å². The number of carbonyl (C=O) groups excluding carboxylic acids is 1. The summed E-state index contributed by atoms with van der Waals surface area (Å²) < 4.78 is 39.8. The van der Waals surface area contributed by atoms with Gasteiger partial charge in [0.15, 0.2) is 16.6 Å². The Kier molecular flexibility index (Phi) is 10.4. The highest BCUT2D eigenvalue weighted by molar-refractivity contribution is 7.92. The first-order valence-electron chi connectivity index (χ1n) is 12.4. The zero-order chi connectivity index (χ0) is 28.2. The Hall–Kier alpha value is -3.38. The molecule has 12 heteroatoms. The number of aromatic nitrogens is 1. The van der Waals surface area contributed by atoms with Crippen LogP contribution in [0.1, 0.15) is 17.3 Å². The molecular formula is C28H33ClN4O5S2. The number of benzene rings is 3. The van der Waals surface area contributed by atoms with E-state index >= 15 is 0 Å². The largest absolute Gasteiger partial charge is 0.493 e. The van der Waals surface area contributed by atoms with E-state index in [2.05, 4.69) is 0 Å². The van der Waals surface area contributed by atoms with Gasteiger partial charge in [0.2, 0.25) is 0 Å². The van der Waals surface area contributed by atoms with E-state index in [1.54, 1.807) is 68.5 Å². The average molecular weight is 605 g/mol.